The molecule has 0 saturated heterocycles. The van der Waals surface area contributed by atoms with E-state index in [0.717, 1.165) is 37.2 Å². The van der Waals surface area contributed by atoms with E-state index in [1.807, 2.05) is 24.3 Å². The zero-order chi connectivity index (χ0) is 22.4. The second-order valence-electron chi connectivity index (χ2n) is 6.45. The van der Waals surface area contributed by atoms with Crippen LogP contribution in [0.3, 0.4) is 0 Å². The van der Waals surface area contributed by atoms with Crippen molar-refractivity contribution in [1.82, 2.24) is 20.9 Å². The summed E-state index contributed by atoms with van der Waals surface area (Å²) in [5, 5.41) is 15.0. The van der Waals surface area contributed by atoms with E-state index in [4.69, 9.17) is 22.6 Å². The zero-order valence-electron chi connectivity index (χ0n) is 17.1. The first-order valence-corrected chi connectivity index (χ1v) is 9.48. The molecule has 0 unspecified atom stereocenters. The molecule has 0 fully saturated rings. The van der Waals surface area contributed by atoms with Crippen molar-refractivity contribution in [3.63, 3.8) is 0 Å². The van der Waals surface area contributed by atoms with Crippen LogP contribution in [0.2, 0.25) is 0 Å². The Labute approximate surface area is 176 Å². The Morgan fingerprint density at radius 2 is 1.90 bits per heavy atom. The molecule has 11 heteroatoms. The fourth-order valence-electron chi connectivity index (χ4n) is 2.51. The van der Waals surface area contributed by atoms with Gasteiger partial charge in [-0.15, -0.1) is 0 Å². The highest BCUT2D eigenvalue weighted by molar-refractivity contribution is 6.01. The summed E-state index contributed by atoms with van der Waals surface area (Å²) in [6, 6.07) is 7.11. The molecule has 1 aromatic rings. The molecule has 0 aromatic heterocycles. The lowest BCUT2D eigenvalue weighted by Crippen LogP contribution is -2.42. The van der Waals surface area contributed by atoms with Crippen molar-refractivity contribution in [2.45, 2.75) is 19.9 Å². The molecular weight excluding hydrogens is 386 g/mol. The van der Waals surface area contributed by atoms with Crippen LogP contribution in [0.4, 0.5) is 4.79 Å². The molecule has 0 aliphatic carbocycles. The second-order valence-corrected chi connectivity index (χ2v) is 6.45. The third-order valence-corrected chi connectivity index (χ3v) is 3.81. The maximum absolute atomic E-state index is 11.1. The van der Waals surface area contributed by atoms with Gasteiger partial charge in [0.1, 0.15) is 0 Å². The molecule has 30 heavy (non-hydrogen) atoms. The summed E-state index contributed by atoms with van der Waals surface area (Å²) in [5.41, 5.74) is 18.0. The Hall–Kier alpha value is -3.44. The molecule has 0 saturated carbocycles. The first-order valence-electron chi connectivity index (χ1n) is 9.48. The van der Waals surface area contributed by atoms with Gasteiger partial charge in [0.05, 0.1) is 0 Å². The van der Waals surface area contributed by atoms with Gasteiger partial charge in [-0.2, -0.15) is 4.99 Å². The lowest BCUT2D eigenvalue weighted by atomic mass is 10.1. The minimum atomic E-state index is -0.821. The molecule has 1 aromatic carbocycles. The molecule has 0 atom stereocenters. The minimum absolute atomic E-state index is 0.0407. The molecule has 0 radical (unpaired) electrons. The van der Waals surface area contributed by atoms with Gasteiger partial charge >= 0.3 is 6.03 Å². The smallest absolute Gasteiger partial charge is 0.318 e. The summed E-state index contributed by atoms with van der Waals surface area (Å²) in [4.78, 5) is 27.9. The van der Waals surface area contributed by atoms with Crippen LogP contribution < -0.4 is 33.2 Å². The first kappa shape index (κ1) is 24.6. The zero-order valence-corrected chi connectivity index (χ0v) is 17.1. The summed E-state index contributed by atoms with van der Waals surface area (Å²) < 4.78 is 0. The van der Waals surface area contributed by atoms with Crippen LogP contribution in [0.5, 0.6) is 0 Å². The van der Waals surface area contributed by atoms with Gasteiger partial charge in [-0.05, 0) is 36.7 Å². The first-order chi connectivity index (χ1) is 14.3. The van der Waals surface area contributed by atoms with Crippen molar-refractivity contribution < 1.29 is 9.59 Å². The van der Waals surface area contributed by atoms with E-state index in [2.05, 4.69) is 25.8 Å². The highest BCUT2D eigenvalue weighted by atomic mass is 16.2. The highest BCUT2D eigenvalue weighted by Gasteiger charge is 2.06. The number of urea groups is 1. The summed E-state index contributed by atoms with van der Waals surface area (Å²) in [5.74, 6) is -0.555. The largest absolute Gasteiger partial charge is 0.370 e. The van der Waals surface area contributed by atoms with Gasteiger partial charge in [-0.25, -0.2) is 4.79 Å². The number of guanidine groups is 2. The van der Waals surface area contributed by atoms with E-state index in [0.29, 0.717) is 13.1 Å². The van der Waals surface area contributed by atoms with Gasteiger partial charge in [0, 0.05) is 32.8 Å². The monoisotopic (exact) mass is 417 g/mol. The van der Waals surface area contributed by atoms with Crippen molar-refractivity contribution in [3.05, 3.63) is 41.6 Å². The van der Waals surface area contributed by atoms with E-state index in [1.165, 1.54) is 6.92 Å². The van der Waals surface area contributed by atoms with Gasteiger partial charge < -0.3 is 27.8 Å². The van der Waals surface area contributed by atoms with Crippen LogP contribution in [0.1, 0.15) is 24.5 Å². The number of nitrogens with two attached hydrogens (primary N) is 3. The molecule has 1 rings (SSSR count). The Morgan fingerprint density at radius 3 is 2.47 bits per heavy atom. The van der Waals surface area contributed by atoms with Crippen LogP contribution in [0.15, 0.2) is 35.5 Å². The molecule has 0 heterocycles. The normalized spacial score (nSPS) is 11.5. The Morgan fingerprint density at radius 1 is 1.20 bits per heavy atom. The van der Waals surface area contributed by atoms with Crippen LogP contribution in [-0.2, 0) is 11.3 Å². The number of primary amides is 1. The van der Waals surface area contributed by atoms with Crippen molar-refractivity contribution in [3.8, 4) is 0 Å². The average Bonchev–Trinajstić information content (AvgIpc) is 2.66. The van der Waals surface area contributed by atoms with Gasteiger partial charge in [-0.1, -0.05) is 24.3 Å². The number of amides is 3. The van der Waals surface area contributed by atoms with Gasteiger partial charge in [0.15, 0.2) is 5.96 Å². The third kappa shape index (κ3) is 11.4. The number of carbonyl (C=O) groups excluding carboxylic acids is 2. The number of hydrogen-bond donors (Lipinski definition) is 7. The lowest BCUT2D eigenvalue weighted by molar-refractivity contribution is -0.115. The molecule has 0 bridgehead atoms. The molecular formula is C19H31N9O2. The lowest BCUT2D eigenvalue weighted by Gasteiger charge is -2.22. The molecule has 3 amide bonds. The SMILES string of the molecule is CC(=O)/N=C(\N/C=C/c1ccc(CN(CCCN)CCNC(=N)N)cc1)NC(N)=O. The molecule has 0 aliphatic heterocycles. The van der Waals surface area contributed by atoms with Crippen LogP contribution >= 0.6 is 0 Å². The standard InChI is InChI=1S/C19H31N9O2/c1-14(29)26-19(27-18(23)30)25-9-7-15-3-5-16(6-4-15)13-28(11-2-8-20)12-10-24-17(21)22/h3-7,9H,2,8,10-13,20H2,1H3,(H4,21,22,24)(H4,23,25,26,27,29,30)/b9-7+. The predicted octanol–water partition coefficient (Wildman–Crippen LogP) is -0.548. The predicted molar refractivity (Wildman–Crippen MR) is 118 cm³/mol. The molecule has 11 nitrogen and oxygen atoms in total. The number of carbonyl (C=O) groups is 2. The topological polar surface area (TPSA) is 188 Å². The van der Waals surface area contributed by atoms with Crippen LogP contribution in [0.25, 0.3) is 6.08 Å². The Balaban J connectivity index is 2.66. The van der Waals surface area contributed by atoms with Crippen molar-refractivity contribution in [2.24, 2.45) is 22.2 Å². The van der Waals surface area contributed by atoms with Gasteiger partial charge in [-0.3, -0.25) is 20.4 Å². The van der Waals surface area contributed by atoms with E-state index in [1.54, 1.807) is 12.3 Å². The second kappa shape index (κ2) is 13.7. The average molecular weight is 418 g/mol. The van der Waals surface area contributed by atoms with E-state index < -0.39 is 11.9 Å². The van der Waals surface area contributed by atoms with Crippen molar-refractivity contribution in [2.75, 3.05) is 26.2 Å². The summed E-state index contributed by atoms with van der Waals surface area (Å²) in [6.45, 7) is 4.82. The number of nitrogens with zero attached hydrogens (tertiary/aromatic N) is 2. The van der Waals surface area contributed by atoms with Gasteiger partial charge in [0.25, 0.3) is 0 Å². The minimum Gasteiger partial charge on any atom is -0.370 e. The van der Waals surface area contributed by atoms with Crippen molar-refractivity contribution in [1.29, 1.82) is 5.41 Å². The molecule has 164 valence electrons. The third-order valence-electron chi connectivity index (χ3n) is 3.81. The number of aliphatic imine (C=N–C) groups is 1. The van der Waals surface area contributed by atoms with E-state index in [9.17, 15) is 9.59 Å². The summed E-state index contributed by atoms with van der Waals surface area (Å²) in [6.07, 6.45) is 4.20. The van der Waals surface area contributed by atoms with E-state index >= 15 is 0 Å². The highest BCUT2D eigenvalue weighted by Crippen LogP contribution is 2.09. The molecule has 0 spiro atoms. The quantitative estimate of drug-likeness (QED) is 0.196. The van der Waals surface area contributed by atoms with Crippen LogP contribution in [0, 0.1) is 5.41 Å². The fraction of sp³-hybridized carbons (Fsp3) is 0.368. The maximum atomic E-state index is 11.1. The number of benzene rings is 1. The van der Waals surface area contributed by atoms with Crippen molar-refractivity contribution >= 4 is 29.9 Å². The summed E-state index contributed by atoms with van der Waals surface area (Å²) >= 11 is 0. The summed E-state index contributed by atoms with van der Waals surface area (Å²) in [7, 11) is 0. The molecule has 0 aliphatic rings. The molecule has 10 N–H and O–H groups in total. The van der Waals surface area contributed by atoms with Crippen LogP contribution in [-0.4, -0.2) is 54.9 Å². The fourth-order valence-corrected chi connectivity index (χ4v) is 2.51. The van der Waals surface area contributed by atoms with E-state index in [-0.39, 0.29) is 11.9 Å². The Bertz CT molecular complexity index is 760. The maximum Gasteiger partial charge on any atom is 0.318 e. The number of rotatable bonds is 10. The number of nitrogens with one attached hydrogen (secondary N) is 4. The number of hydrogen-bond acceptors (Lipinski definition) is 5. The Kier molecular flexibility index (Phi) is 11.2. The van der Waals surface area contributed by atoms with Gasteiger partial charge in [0.2, 0.25) is 11.9 Å².